The van der Waals surface area contributed by atoms with Gasteiger partial charge in [0.1, 0.15) is 0 Å². The molecule has 0 amide bonds. The van der Waals surface area contributed by atoms with Gasteiger partial charge in [-0.1, -0.05) is 0 Å². The molecular weight excluding hydrogens is 280 g/mol. The van der Waals surface area contributed by atoms with Gasteiger partial charge in [0.2, 0.25) is 0 Å². The standard InChI is InChI=1S/C18H22S2/c1-10-9-19-13(4)17(10)15-7-6-8-16(15)18-11(2)12(3)20-14(18)5/h9H,6-8H2,1-5H3. The Balaban J connectivity index is 2.23. The lowest BCUT2D eigenvalue weighted by molar-refractivity contribution is 0.940. The molecule has 0 N–H and O–H groups in total. The molecule has 0 spiro atoms. The zero-order chi connectivity index (χ0) is 14.4. The van der Waals surface area contributed by atoms with Crippen LogP contribution in [0, 0.1) is 34.6 Å². The van der Waals surface area contributed by atoms with Gasteiger partial charge in [-0.3, -0.25) is 0 Å². The number of rotatable bonds is 2. The highest BCUT2D eigenvalue weighted by Crippen LogP contribution is 2.46. The molecule has 0 nitrogen and oxygen atoms in total. The van der Waals surface area contributed by atoms with Gasteiger partial charge in [-0.25, -0.2) is 0 Å². The minimum atomic E-state index is 1.25. The van der Waals surface area contributed by atoms with Gasteiger partial charge in [-0.05, 0) is 92.7 Å². The van der Waals surface area contributed by atoms with E-state index in [1.54, 1.807) is 22.3 Å². The summed E-state index contributed by atoms with van der Waals surface area (Å²) in [7, 11) is 0. The van der Waals surface area contributed by atoms with Crippen molar-refractivity contribution in [1.29, 1.82) is 0 Å². The first-order valence-corrected chi connectivity index (χ1v) is 9.04. The summed E-state index contributed by atoms with van der Waals surface area (Å²) in [6.07, 6.45) is 3.82. The second-order valence-electron chi connectivity index (χ2n) is 5.87. The minimum absolute atomic E-state index is 1.25. The number of allylic oxidation sites excluding steroid dienone is 2. The topological polar surface area (TPSA) is 0 Å². The second kappa shape index (κ2) is 5.16. The molecule has 2 heteroatoms. The predicted molar refractivity (Wildman–Crippen MR) is 93.0 cm³/mol. The third kappa shape index (κ3) is 2.10. The molecule has 0 saturated carbocycles. The molecule has 0 aromatic carbocycles. The SMILES string of the molecule is Cc1csc(C)c1C1=C(c2c(C)sc(C)c2C)CCC1. The highest BCUT2D eigenvalue weighted by molar-refractivity contribution is 7.12. The number of aryl methyl sites for hydroxylation is 4. The van der Waals surface area contributed by atoms with Crippen molar-refractivity contribution >= 4 is 33.8 Å². The Labute approximate surface area is 130 Å². The fourth-order valence-corrected chi connectivity index (χ4v) is 5.52. The van der Waals surface area contributed by atoms with E-state index in [1.807, 2.05) is 22.7 Å². The molecule has 1 aliphatic rings. The van der Waals surface area contributed by atoms with Crippen molar-refractivity contribution in [3.8, 4) is 0 Å². The molecule has 0 fully saturated rings. The number of thiophene rings is 2. The zero-order valence-corrected chi connectivity index (χ0v) is 14.6. The molecule has 0 bridgehead atoms. The highest BCUT2D eigenvalue weighted by atomic mass is 32.1. The van der Waals surface area contributed by atoms with Crippen LogP contribution in [0.5, 0.6) is 0 Å². The van der Waals surface area contributed by atoms with Crippen LogP contribution in [0.4, 0.5) is 0 Å². The van der Waals surface area contributed by atoms with Crippen LogP contribution in [-0.2, 0) is 0 Å². The second-order valence-corrected chi connectivity index (χ2v) is 8.39. The first-order chi connectivity index (χ1) is 9.50. The fourth-order valence-electron chi connectivity index (χ4n) is 3.55. The molecule has 106 valence electrons. The molecule has 2 aromatic rings. The van der Waals surface area contributed by atoms with Crippen molar-refractivity contribution < 1.29 is 0 Å². The van der Waals surface area contributed by atoms with Crippen LogP contribution < -0.4 is 0 Å². The normalized spacial score (nSPS) is 15.4. The summed E-state index contributed by atoms with van der Waals surface area (Å²) in [6, 6.07) is 0. The van der Waals surface area contributed by atoms with E-state index in [9.17, 15) is 0 Å². The summed E-state index contributed by atoms with van der Waals surface area (Å²) in [5, 5.41) is 2.31. The Morgan fingerprint density at radius 3 is 1.95 bits per heavy atom. The van der Waals surface area contributed by atoms with Gasteiger partial charge in [-0.2, -0.15) is 0 Å². The largest absolute Gasteiger partial charge is 0.148 e. The molecule has 0 saturated heterocycles. The molecule has 3 rings (SSSR count). The first kappa shape index (κ1) is 14.1. The number of hydrogen-bond acceptors (Lipinski definition) is 2. The Kier molecular flexibility index (Phi) is 3.64. The average molecular weight is 303 g/mol. The van der Waals surface area contributed by atoms with Crippen molar-refractivity contribution in [3.63, 3.8) is 0 Å². The molecule has 2 aromatic heterocycles. The van der Waals surface area contributed by atoms with E-state index in [4.69, 9.17) is 0 Å². The van der Waals surface area contributed by atoms with Crippen molar-refractivity contribution in [1.82, 2.24) is 0 Å². The van der Waals surface area contributed by atoms with Gasteiger partial charge < -0.3 is 0 Å². The van der Waals surface area contributed by atoms with Crippen molar-refractivity contribution in [2.75, 3.05) is 0 Å². The third-order valence-electron chi connectivity index (χ3n) is 4.54. The summed E-state index contributed by atoms with van der Waals surface area (Å²) in [4.78, 5) is 4.47. The number of hydrogen-bond donors (Lipinski definition) is 0. The van der Waals surface area contributed by atoms with Crippen LogP contribution in [-0.4, -0.2) is 0 Å². The van der Waals surface area contributed by atoms with E-state index >= 15 is 0 Å². The Morgan fingerprint density at radius 2 is 1.45 bits per heavy atom. The van der Waals surface area contributed by atoms with Crippen molar-refractivity contribution in [2.45, 2.75) is 53.9 Å². The molecule has 0 unspecified atom stereocenters. The summed E-state index contributed by atoms with van der Waals surface area (Å²) in [5.41, 5.74) is 9.34. The minimum Gasteiger partial charge on any atom is -0.148 e. The molecule has 0 atom stereocenters. The van der Waals surface area contributed by atoms with Crippen LogP contribution in [0.15, 0.2) is 5.38 Å². The van der Waals surface area contributed by atoms with Gasteiger partial charge >= 0.3 is 0 Å². The quantitative estimate of drug-likeness (QED) is 0.598. The highest BCUT2D eigenvalue weighted by Gasteiger charge is 2.24. The lowest BCUT2D eigenvalue weighted by Gasteiger charge is -2.11. The zero-order valence-electron chi connectivity index (χ0n) is 13.0. The lowest BCUT2D eigenvalue weighted by atomic mass is 9.93. The lowest BCUT2D eigenvalue weighted by Crippen LogP contribution is -1.91. The molecule has 20 heavy (non-hydrogen) atoms. The predicted octanol–water partition coefficient (Wildman–Crippen LogP) is 6.45. The van der Waals surface area contributed by atoms with Crippen LogP contribution in [0.2, 0.25) is 0 Å². The van der Waals surface area contributed by atoms with Crippen LogP contribution in [0.1, 0.15) is 56.1 Å². The summed E-state index contributed by atoms with van der Waals surface area (Å²) >= 11 is 3.86. The Morgan fingerprint density at radius 1 is 0.800 bits per heavy atom. The Bertz CT molecular complexity index is 676. The van der Waals surface area contributed by atoms with Crippen LogP contribution in [0.3, 0.4) is 0 Å². The molecule has 1 aliphatic carbocycles. The smallest absolute Gasteiger partial charge is 0.00950 e. The van der Waals surface area contributed by atoms with Crippen molar-refractivity contribution in [3.05, 3.63) is 42.3 Å². The average Bonchev–Trinajstić information content (AvgIpc) is 3.02. The summed E-state index contributed by atoms with van der Waals surface area (Å²) < 4.78 is 0. The first-order valence-electron chi connectivity index (χ1n) is 7.34. The van der Waals surface area contributed by atoms with Gasteiger partial charge in [0.25, 0.3) is 0 Å². The molecule has 0 radical (unpaired) electrons. The van der Waals surface area contributed by atoms with E-state index in [0.717, 1.165) is 0 Å². The van der Waals surface area contributed by atoms with E-state index in [-0.39, 0.29) is 0 Å². The van der Waals surface area contributed by atoms with Crippen LogP contribution in [0.25, 0.3) is 11.1 Å². The van der Waals surface area contributed by atoms with Gasteiger partial charge in [-0.15, -0.1) is 22.7 Å². The Hall–Kier alpha value is -0.860. The van der Waals surface area contributed by atoms with E-state index in [0.29, 0.717) is 0 Å². The monoisotopic (exact) mass is 302 g/mol. The summed E-state index contributed by atoms with van der Waals surface area (Å²) in [6.45, 7) is 11.4. The maximum Gasteiger partial charge on any atom is 0.00950 e. The van der Waals surface area contributed by atoms with Gasteiger partial charge in [0.05, 0.1) is 0 Å². The maximum atomic E-state index is 2.31. The van der Waals surface area contributed by atoms with Crippen LogP contribution >= 0.6 is 22.7 Å². The van der Waals surface area contributed by atoms with E-state index in [2.05, 4.69) is 40.0 Å². The van der Waals surface area contributed by atoms with E-state index in [1.165, 1.54) is 45.0 Å². The third-order valence-corrected chi connectivity index (χ3v) is 6.69. The molecule has 2 heterocycles. The van der Waals surface area contributed by atoms with Crippen molar-refractivity contribution in [2.24, 2.45) is 0 Å². The molecular formula is C18H22S2. The van der Waals surface area contributed by atoms with Gasteiger partial charge in [0.15, 0.2) is 0 Å². The van der Waals surface area contributed by atoms with E-state index < -0.39 is 0 Å². The van der Waals surface area contributed by atoms with Gasteiger partial charge in [0, 0.05) is 14.6 Å². The fraction of sp³-hybridized carbons (Fsp3) is 0.444. The molecule has 0 aliphatic heterocycles. The summed E-state index contributed by atoms with van der Waals surface area (Å²) in [5.74, 6) is 0. The maximum absolute atomic E-state index is 2.31.